The van der Waals surface area contributed by atoms with E-state index in [1.807, 2.05) is 13.0 Å². The largest absolute Gasteiger partial charge is 0.334 e. The summed E-state index contributed by atoms with van der Waals surface area (Å²) in [4.78, 5) is 22.9. The maximum Gasteiger partial charge on any atom is 0.254 e. The molecule has 1 aromatic carbocycles. The van der Waals surface area contributed by atoms with E-state index in [0.29, 0.717) is 17.9 Å². The Labute approximate surface area is 170 Å². The van der Waals surface area contributed by atoms with Crippen LogP contribution in [0.4, 0.5) is 8.78 Å². The van der Waals surface area contributed by atoms with E-state index in [9.17, 15) is 9.18 Å². The number of aromatic nitrogens is 4. The smallest absolute Gasteiger partial charge is 0.254 e. The summed E-state index contributed by atoms with van der Waals surface area (Å²) in [7, 11) is 2.22. The van der Waals surface area contributed by atoms with Crippen LogP contribution < -0.4 is 0 Å². The van der Waals surface area contributed by atoms with E-state index >= 15 is 4.39 Å². The number of rotatable bonds is 2. The number of nitrogens with zero attached hydrogens (tertiary/aromatic N) is 5. The van der Waals surface area contributed by atoms with Crippen molar-refractivity contribution in [2.75, 3.05) is 13.1 Å². The fourth-order valence-electron chi connectivity index (χ4n) is 3.60. The molecule has 4 rings (SSSR count). The first-order valence-electron chi connectivity index (χ1n) is 8.63. The van der Waals surface area contributed by atoms with Gasteiger partial charge in [0.05, 0.1) is 16.7 Å². The number of halogens is 3. The maximum atomic E-state index is 15.1. The molecule has 1 amide bonds. The lowest BCUT2D eigenvalue weighted by Gasteiger charge is -2.40. The van der Waals surface area contributed by atoms with Gasteiger partial charge in [0, 0.05) is 23.7 Å². The molecule has 3 heterocycles. The van der Waals surface area contributed by atoms with E-state index in [1.165, 1.54) is 29.4 Å². The van der Waals surface area contributed by atoms with Gasteiger partial charge in [0.1, 0.15) is 17.6 Å². The Morgan fingerprint density at radius 2 is 2.18 bits per heavy atom. The van der Waals surface area contributed by atoms with Crippen LogP contribution in [0.1, 0.15) is 34.1 Å². The molecular formula is C18H17BrF2N5OP. The number of amides is 1. The Balaban J connectivity index is 1.69. The van der Waals surface area contributed by atoms with Gasteiger partial charge in [-0.05, 0) is 53.5 Å². The first-order valence-corrected chi connectivity index (χ1v) is 10.00. The highest BCUT2D eigenvalue weighted by atomic mass is 79.9. The Morgan fingerprint density at radius 1 is 1.39 bits per heavy atom. The molecule has 2 aromatic heterocycles. The predicted octanol–water partition coefficient (Wildman–Crippen LogP) is 3.50. The zero-order chi connectivity index (χ0) is 20.1. The van der Waals surface area contributed by atoms with Gasteiger partial charge in [0.25, 0.3) is 11.7 Å². The quantitative estimate of drug-likeness (QED) is 0.541. The Kier molecular flexibility index (Phi) is 4.91. The van der Waals surface area contributed by atoms with Crippen molar-refractivity contribution in [2.24, 2.45) is 0 Å². The molecule has 1 fully saturated rings. The molecule has 0 saturated carbocycles. The third kappa shape index (κ3) is 3.65. The Hall–Kier alpha value is -1.99. The lowest BCUT2D eigenvalue weighted by Crippen LogP contribution is -2.48. The molecule has 6 nitrogen and oxygen atoms in total. The van der Waals surface area contributed by atoms with Crippen molar-refractivity contribution < 1.29 is 13.6 Å². The lowest BCUT2D eigenvalue weighted by atomic mass is 9.92. The highest BCUT2D eigenvalue weighted by Gasteiger charge is 2.40. The number of fused-ring (bicyclic) bond motifs is 1. The molecule has 0 radical (unpaired) electrons. The summed E-state index contributed by atoms with van der Waals surface area (Å²) in [6, 6.07) is 5.88. The Bertz CT molecular complexity index is 1070. The monoisotopic (exact) mass is 467 g/mol. The number of aryl methyl sites for hydroxylation is 1. The van der Waals surface area contributed by atoms with Crippen molar-refractivity contribution in [3.05, 3.63) is 57.8 Å². The molecule has 1 saturated heterocycles. The highest BCUT2D eigenvalue weighted by Crippen LogP contribution is 2.39. The van der Waals surface area contributed by atoms with Crippen LogP contribution in [-0.4, -0.2) is 48.9 Å². The molecule has 2 unspecified atom stereocenters. The van der Waals surface area contributed by atoms with Crippen molar-refractivity contribution in [3.63, 3.8) is 0 Å². The predicted molar refractivity (Wildman–Crippen MR) is 106 cm³/mol. The van der Waals surface area contributed by atoms with E-state index < -0.39 is 11.2 Å². The second-order valence-corrected chi connectivity index (χ2v) is 8.93. The van der Waals surface area contributed by atoms with E-state index in [-0.39, 0.29) is 29.3 Å². The topological polar surface area (TPSA) is 63.4 Å². The van der Waals surface area contributed by atoms with Gasteiger partial charge in [0.15, 0.2) is 0 Å². The summed E-state index contributed by atoms with van der Waals surface area (Å²) in [6.07, 6.45) is 1.61. The fourth-order valence-corrected chi connectivity index (χ4v) is 4.48. The molecule has 1 aliphatic rings. The van der Waals surface area contributed by atoms with Crippen molar-refractivity contribution >= 4 is 36.9 Å². The fraction of sp³-hybridized carbons (Fsp3) is 0.333. The van der Waals surface area contributed by atoms with Crippen LogP contribution in [0.15, 0.2) is 35.1 Å². The van der Waals surface area contributed by atoms with Gasteiger partial charge in [0.2, 0.25) is 0 Å². The zero-order valence-corrected chi connectivity index (χ0v) is 17.7. The van der Waals surface area contributed by atoms with Crippen molar-refractivity contribution in [1.82, 2.24) is 24.5 Å². The van der Waals surface area contributed by atoms with Crippen LogP contribution in [0.25, 0.3) is 5.78 Å². The molecule has 0 spiro atoms. The van der Waals surface area contributed by atoms with E-state index in [1.54, 1.807) is 4.52 Å². The molecule has 10 heteroatoms. The van der Waals surface area contributed by atoms with Crippen LogP contribution in [0.3, 0.4) is 0 Å². The van der Waals surface area contributed by atoms with Gasteiger partial charge in [-0.15, -0.1) is 0 Å². The van der Waals surface area contributed by atoms with Crippen LogP contribution in [-0.2, 0) is 0 Å². The minimum atomic E-state index is -1.65. The van der Waals surface area contributed by atoms with E-state index in [0.717, 1.165) is 11.4 Å². The molecule has 3 atom stereocenters. The summed E-state index contributed by atoms with van der Waals surface area (Å²) >= 11 is 3.09. The molecule has 3 aromatic rings. The van der Waals surface area contributed by atoms with E-state index in [2.05, 4.69) is 40.2 Å². The number of hydrogen-bond acceptors (Lipinski definition) is 4. The molecule has 0 bridgehead atoms. The van der Waals surface area contributed by atoms with Gasteiger partial charge in [-0.2, -0.15) is 10.1 Å². The average Bonchev–Trinajstić information content (AvgIpc) is 3.09. The number of benzene rings is 1. The summed E-state index contributed by atoms with van der Waals surface area (Å²) in [5.41, 5.74) is 1.79. The minimum absolute atomic E-state index is 0.0629. The molecule has 0 aliphatic carbocycles. The standard InChI is InChI=1S/C18H17BrF2N5OP/c1-10-4-15(26-17(24-10)22-9-23-26)12-6-18(21,28)8-25(7-12)16(27)11-2-3-14(20)13(19)5-11/h2-5,9,12H,6-8,28H2,1H3/t12-,18?/m0/s1. The molecule has 146 valence electrons. The zero-order valence-electron chi connectivity index (χ0n) is 14.9. The highest BCUT2D eigenvalue weighted by molar-refractivity contribution is 9.10. The first-order chi connectivity index (χ1) is 13.2. The van der Waals surface area contributed by atoms with E-state index in [4.69, 9.17) is 0 Å². The number of likely N-dealkylation sites (tertiary alicyclic amines) is 1. The normalized spacial score (nSPS) is 22.6. The average molecular weight is 468 g/mol. The second kappa shape index (κ2) is 7.12. The van der Waals surface area contributed by atoms with Gasteiger partial charge >= 0.3 is 0 Å². The van der Waals surface area contributed by atoms with Crippen LogP contribution >= 0.6 is 25.2 Å². The summed E-state index contributed by atoms with van der Waals surface area (Å²) in [6.45, 7) is 2.09. The number of carbonyl (C=O) groups excluding carboxylic acids is 1. The van der Waals surface area contributed by atoms with Crippen LogP contribution in [0.5, 0.6) is 0 Å². The molecule has 0 N–H and O–H groups in total. The second-order valence-electron chi connectivity index (χ2n) is 7.04. The van der Waals surface area contributed by atoms with Gasteiger partial charge in [-0.25, -0.2) is 18.3 Å². The van der Waals surface area contributed by atoms with Crippen molar-refractivity contribution in [1.29, 1.82) is 0 Å². The SMILES string of the molecule is Cc1cc([C@@H]2CN(C(=O)c3ccc(F)c(Br)c3)CC(F)(P)C2)n2ncnc2n1. The van der Waals surface area contributed by atoms with Gasteiger partial charge < -0.3 is 4.90 Å². The summed E-state index contributed by atoms with van der Waals surface area (Å²) in [5.74, 6) is -0.667. The third-order valence-corrected chi connectivity index (χ3v) is 5.79. The number of carbonyl (C=O) groups is 1. The Morgan fingerprint density at radius 3 is 2.93 bits per heavy atom. The van der Waals surface area contributed by atoms with Crippen LogP contribution in [0.2, 0.25) is 0 Å². The number of alkyl halides is 1. The molecule has 28 heavy (non-hydrogen) atoms. The maximum absolute atomic E-state index is 15.1. The van der Waals surface area contributed by atoms with Gasteiger partial charge in [-0.3, -0.25) is 4.79 Å². The van der Waals surface area contributed by atoms with Crippen LogP contribution in [0, 0.1) is 12.7 Å². The molecular weight excluding hydrogens is 451 g/mol. The third-order valence-electron chi connectivity index (χ3n) is 4.76. The lowest BCUT2D eigenvalue weighted by molar-refractivity contribution is 0.0543. The van der Waals surface area contributed by atoms with Crippen molar-refractivity contribution in [2.45, 2.75) is 24.7 Å². The summed E-state index contributed by atoms with van der Waals surface area (Å²) in [5, 5.41) is 2.54. The van der Waals surface area contributed by atoms with Gasteiger partial charge in [-0.1, -0.05) is 9.24 Å². The number of piperidine rings is 1. The number of hydrogen-bond donors (Lipinski definition) is 0. The summed E-state index contributed by atoms with van der Waals surface area (Å²) < 4.78 is 30.4. The minimum Gasteiger partial charge on any atom is -0.334 e. The first kappa shape index (κ1) is 19.3. The van der Waals surface area contributed by atoms with Crippen molar-refractivity contribution in [3.8, 4) is 0 Å². The molecule has 1 aliphatic heterocycles.